The van der Waals surface area contributed by atoms with Crippen molar-refractivity contribution in [3.05, 3.63) is 22.4 Å². The first-order valence-corrected chi connectivity index (χ1v) is 6.96. The van der Waals surface area contributed by atoms with E-state index in [2.05, 4.69) is 36.7 Å². The van der Waals surface area contributed by atoms with Crippen molar-refractivity contribution in [1.29, 1.82) is 0 Å². The molecule has 3 heteroatoms. The molecule has 0 spiro atoms. The summed E-state index contributed by atoms with van der Waals surface area (Å²) in [7, 11) is 0. The molecule has 0 aromatic carbocycles. The molecule has 1 aromatic heterocycles. The maximum absolute atomic E-state index is 5.78. The zero-order valence-electron chi connectivity index (χ0n) is 10.2. The van der Waals surface area contributed by atoms with Crippen LogP contribution in [0.4, 0.5) is 0 Å². The van der Waals surface area contributed by atoms with Gasteiger partial charge in [0, 0.05) is 22.9 Å². The molecule has 1 aliphatic carbocycles. The lowest BCUT2D eigenvalue weighted by Crippen LogP contribution is -2.43. The van der Waals surface area contributed by atoms with Crippen molar-refractivity contribution in [3.63, 3.8) is 0 Å². The van der Waals surface area contributed by atoms with Gasteiger partial charge in [0.05, 0.1) is 0 Å². The maximum atomic E-state index is 5.78. The van der Waals surface area contributed by atoms with Crippen LogP contribution in [0.25, 0.3) is 0 Å². The summed E-state index contributed by atoms with van der Waals surface area (Å²) in [5, 5.41) is 5.74. The minimum Gasteiger partial charge on any atom is -0.328 e. The van der Waals surface area contributed by atoms with Crippen molar-refractivity contribution in [1.82, 2.24) is 5.32 Å². The Bertz CT molecular complexity index is 313. The molecular weight excluding hydrogens is 216 g/mol. The first-order valence-electron chi connectivity index (χ1n) is 6.08. The molecule has 2 rings (SSSR count). The van der Waals surface area contributed by atoms with E-state index in [1.54, 1.807) is 0 Å². The van der Waals surface area contributed by atoms with Gasteiger partial charge in [0.25, 0.3) is 0 Å². The highest BCUT2D eigenvalue weighted by Crippen LogP contribution is 2.28. The summed E-state index contributed by atoms with van der Waals surface area (Å²) in [6.07, 6.45) is 2.40. The summed E-state index contributed by atoms with van der Waals surface area (Å²) >= 11 is 1.85. The van der Waals surface area contributed by atoms with Gasteiger partial charge in [-0.05, 0) is 36.8 Å². The summed E-state index contributed by atoms with van der Waals surface area (Å²) < 4.78 is 0. The average molecular weight is 238 g/mol. The second-order valence-corrected chi connectivity index (χ2v) is 6.54. The summed E-state index contributed by atoms with van der Waals surface area (Å²) in [5.74, 6) is 0.814. The zero-order chi connectivity index (χ0) is 11.6. The first-order chi connectivity index (χ1) is 7.58. The molecule has 1 heterocycles. The number of nitrogens with one attached hydrogen (secondary N) is 1. The predicted molar refractivity (Wildman–Crippen MR) is 70.9 cm³/mol. The third-order valence-electron chi connectivity index (χ3n) is 3.46. The second-order valence-electron chi connectivity index (χ2n) is 5.59. The second kappa shape index (κ2) is 4.86. The van der Waals surface area contributed by atoms with Crippen LogP contribution in [-0.4, -0.2) is 19.1 Å². The van der Waals surface area contributed by atoms with Crippen LogP contribution in [-0.2, 0) is 5.41 Å². The number of thiophene rings is 1. The van der Waals surface area contributed by atoms with E-state index in [9.17, 15) is 0 Å². The molecule has 0 saturated heterocycles. The quantitative estimate of drug-likeness (QED) is 0.826. The maximum Gasteiger partial charge on any atom is 0.0115 e. The van der Waals surface area contributed by atoms with E-state index in [1.807, 2.05) is 11.3 Å². The van der Waals surface area contributed by atoms with Crippen LogP contribution in [0.5, 0.6) is 0 Å². The molecule has 2 nitrogen and oxygen atoms in total. The van der Waals surface area contributed by atoms with Crippen LogP contribution in [0.2, 0.25) is 0 Å². The molecule has 16 heavy (non-hydrogen) atoms. The summed E-state index contributed by atoms with van der Waals surface area (Å²) in [6, 6.07) is 4.83. The van der Waals surface area contributed by atoms with E-state index in [4.69, 9.17) is 5.73 Å². The summed E-state index contributed by atoms with van der Waals surface area (Å²) in [4.78, 5) is 1.46. The topological polar surface area (TPSA) is 38.0 Å². The lowest BCUT2D eigenvalue weighted by atomic mass is 9.80. The highest BCUT2D eigenvalue weighted by molar-refractivity contribution is 7.10. The van der Waals surface area contributed by atoms with Gasteiger partial charge < -0.3 is 11.1 Å². The molecule has 1 saturated carbocycles. The van der Waals surface area contributed by atoms with E-state index in [0.29, 0.717) is 6.04 Å². The average Bonchev–Trinajstić information content (AvgIpc) is 2.68. The number of rotatable bonds is 5. The molecule has 0 atom stereocenters. The Balaban J connectivity index is 1.73. The number of hydrogen-bond donors (Lipinski definition) is 2. The SMILES string of the molecule is CC(C)(CNCC1CC(N)C1)c1cccs1. The largest absolute Gasteiger partial charge is 0.328 e. The van der Waals surface area contributed by atoms with Crippen molar-refractivity contribution < 1.29 is 0 Å². The zero-order valence-corrected chi connectivity index (χ0v) is 11.0. The third-order valence-corrected chi connectivity index (χ3v) is 4.70. The molecule has 3 N–H and O–H groups in total. The number of nitrogens with two attached hydrogens (primary N) is 1. The van der Waals surface area contributed by atoms with E-state index >= 15 is 0 Å². The molecule has 90 valence electrons. The van der Waals surface area contributed by atoms with Crippen LogP contribution in [0.1, 0.15) is 31.6 Å². The molecule has 1 fully saturated rings. The Morgan fingerprint density at radius 3 is 2.81 bits per heavy atom. The smallest absolute Gasteiger partial charge is 0.0115 e. The first kappa shape index (κ1) is 12.1. The van der Waals surface area contributed by atoms with Gasteiger partial charge in [-0.25, -0.2) is 0 Å². The molecule has 0 amide bonds. The normalized spacial score (nSPS) is 25.4. The van der Waals surface area contributed by atoms with Crippen LogP contribution >= 0.6 is 11.3 Å². The standard InChI is InChI=1S/C13H22N2S/c1-13(2,12-4-3-5-16-12)9-15-8-10-6-11(14)7-10/h3-5,10-11,15H,6-9,14H2,1-2H3. The predicted octanol–water partition coefficient (Wildman–Crippen LogP) is 2.35. The van der Waals surface area contributed by atoms with Gasteiger partial charge in [0.15, 0.2) is 0 Å². The lowest BCUT2D eigenvalue weighted by Gasteiger charge is -2.34. The fraction of sp³-hybridized carbons (Fsp3) is 0.692. The van der Waals surface area contributed by atoms with Crippen molar-refractivity contribution >= 4 is 11.3 Å². The van der Waals surface area contributed by atoms with Gasteiger partial charge in [-0.15, -0.1) is 11.3 Å². The van der Waals surface area contributed by atoms with Crippen LogP contribution in [0.3, 0.4) is 0 Å². The molecule has 0 radical (unpaired) electrons. The van der Waals surface area contributed by atoms with Gasteiger partial charge in [0.2, 0.25) is 0 Å². The minimum absolute atomic E-state index is 0.250. The Morgan fingerprint density at radius 1 is 1.50 bits per heavy atom. The van der Waals surface area contributed by atoms with Gasteiger partial charge in [-0.1, -0.05) is 19.9 Å². The molecule has 1 aromatic rings. The van der Waals surface area contributed by atoms with Crippen molar-refractivity contribution in [2.24, 2.45) is 11.7 Å². The van der Waals surface area contributed by atoms with Crippen molar-refractivity contribution in [2.75, 3.05) is 13.1 Å². The van der Waals surface area contributed by atoms with E-state index < -0.39 is 0 Å². The summed E-state index contributed by atoms with van der Waals surface area (Å²) in [6.45, 7) is 6.79. The molecule has 0 unspecified atom stereocenters. The molecule has 0 bridgehead atoms. The van der Waals surface area contributed by atoms with Gasteiger partial charge in [-0.3, -0.25) is 0 Å². The molecular formula is C13H22N2S. The Morgan fingerprint density at radius 2 is 2.25 bits per heavy atom. The van der Waals surface area contributed by atoms with Crippen molar-refractivity contribution in [3.8, 4) is 0 Å². The van der Waals surface area contributed by atoms with Gasteiger partial charge >= 0.3 is 0 Å². The fourth-order valence-electron chi connectivity index (χ4n) is 2.29. The van der Waals surface area contributed by atoms with E-state index in [1.165, 1.54) is 17.7 Å². The van der Waals surface area contributed by atoms with Crippen LogP contribution in [0.15, 0.2) is 17.5 Å². The molecule has 1 aliphatic rings. The minimum atomic E-state index is 0.250. The Hall–Kier alpha value is -0.380. The highest BCUT2D eigenvalue weighted by atomic mass is 32.1. The highest BCUT2D eigenvalue weighted by Gasteiger charge is 2.27. The summed E-state index contributed by atoms with van der Waals surface area (Å²) in [5.41, 5.74) is 6.03. The Kier molecular flexibility index (Phi) is 3.67. The van der Waals surface area contributed by atoms with E-state index in [-0.39, 0.29) is 5.41 Å². The molecule has 0 aliphatic heterocycles. The van der Waals surface area contributed by atoms with Gasteiger partial charge in [0.1, 0.15) is 0 Å². The van der Waals surface area contributed by atoms with Crippen LogP contribution < -0.4 is 11.1 Å². The Labute approximate surface area is 102 Å². The third kappa shape index (κ3) is 2.84. The lowest BCUT2D eigenvalue weighted by molar-refractivity contribution is 0.251. The monoisotopic (exact) mass is 238 g/mol. The van der Waals surface area contributed by atoms with Crippen LogP contribution in [0, 0.1) is 5.92 Å². The van der Waals surface area contributed by atoms with Gasteiger partial charge in [-0.2, -0.15) is 0 Å². The van der Waals surface area contributed by atoms with Crippen molar-refractivity contribution in [2.45, 2.75) is 38.1 Å². The fourth-order valence-corrected chi connectivity index (χ4v) is 3.15. The number of hydrogen-bond acceptors (Lipinski definition) is 3. The van der Waals surface area contributed by atoms with E-state index in [0.717, 1.165) is 19.0 Å².